The van der Waals surface area contributed by atoms with Crippen LogP contribution in [0.15, 0.2) is 42.5 Å². The maximum atomic E-state index is 13.2. The maximum Gasteiger partial charge on any atom is 0.225 e. The Bertz CT molecular complexity index is 998. The highest BCUT2D eigenvalue weighted by molar-refractivity contribution is 5.75. The molecule has 0 spiro atoms. The van der Waals surface area contributed by atoms with Gasteiger partial charge in [0.1, 0.15) is 11.9 Å². The zero-order chi connectivity index (χ0) is 19.0. The minimum absolute atomic E-state index is 0.124. The van der Waals surface area contributed by atoms with Crippen molar-refractivity contribution in [1.82, 2.24) is 14.8 Å². The van der Waals surface area contributed by atoms with E-state index >= 15 is 0 Å². The maximum absolute atomic E-state index is 13.2. The van der Waals surface area contributed by atoms with Crippen LogP contribution in [0.2, 0.25) is 0 Å². The Morgan fingerprint density at radius 2 is 1.93 bits per heavy atom. The lowest BCUT2D eigenvalue weighted by Gasteiger charge is -2.13. The van der Waals surface area contributed by atoms with Crippen LogP contribution < -0.4 is 5.73 Å². The molecule has 0 aliphatic heterocycles. The van der Waals surface area contributed by atoms with Crippen molar-refractivity contribution in [3.8, 4) is 5.69 Å². The molecule has 0 saturated carbocycles. The summed E-state index contributed by atoms with van der Waals surface area (Å²) in [5.74, 6) is -0.445. The van der Waals surface area contributed by atoms with Gasteiger partial charge in [-0.15, -0.1) is 0 Å². The molecule has 1 atom stereocenters. The van der Waals surface area contributed by atoms with Gasteiger partial charge in [0.15, 0.2) is 11.6 Å². The summed E-state index contributed by atoms with van der Waals surface area (Å²) in [5.41, 5.74) is 9.08. The second-order valence-corrected chi connectivity index (χ2v) is 6.70. The number of benzene rings is 2. The number of hydrogen-bond acceptors (Lipinski definition) is 4. The van der Waals surface area contributed by atoms with Crippen LogP contribution in [0, 0.1) is 5.82 Å². The number of aliphatic hydroxyl groups is 1. The van der Waals surface area contributed by atoms with Crippen molar-refractivity contribution in [2.45, 2.75) is 31.8 Å². The Labute approximate surface area is 155 Å². The molecule has 1 aliphatic rings. The summed E-state index contributed by atoms with van der Waals surface area (Å²) in [7, 11) is 0. The number of nitrogens with zero attached hydrogens (tertiary/aromatic N) is 3. The quantitative estimate of drug-likeness (QED) is 0.722. The molecule has 0 fully saturated rings. The van der Waals surface area contributed by atoms with E-state index in [9.17, 15) is 14.3 Å². The predicted molar refractivity (Wildman–Crippen MR) is 96.7 cm³/mol. The van der Waals surface area contributed by atoms with Gasteiger partial charge in [-0.05, 0) is 60.2 Å². The Kier molecular flexibility index (Phi) is 4.45. The molecule has 1 heterocycles. The van der Waals surface area contributed by atoms with Crippen LogP contribution in [0.1, 0.15) is 40.9 Å². The van der Waals surface area contributed by atoms with Crippen molar-refractivity contribution < 1.29 is 14.3 Å². The van der Waals surface area contributed by atoms with Gasteiger partial charge in [-0.2, -0.15) is 5.10 Å². The van der Waals surface area contributed by atoms with Crippen molar-refractivity contribution in [1.29, 1.82) is 0 Å². The molecule has 4 rings (SSSR count). The summed E-state index contributed by atoms with van der Waals surface area (Å²) in [5, 5.41) is 15.2. The summed E-state index contributed by atoms with van der Waals surface area (Å²) in [6.07, 6.45) is 1.94. The number of aryl methyl sites for hydroxylation is 2. The minimum atomic E-state index is -1.12. The van der Waals surface area contributed by atoms with Crippen LogP contribution in [0.3, 0.4) is 0 Å². The number of halogens is 1. The van der Waals surface area contributed by atoms with Gasteiger partial charge in [0.05, 0.1) is 12.1 Å². The number of fused-ring (bicyclic) bond motifs is 1. The number of carbonyl (C=O) groups is 1. The average Bonchev–Trinajstić information content (AvgIpc) is 3.27. The third-order valence-corrected chi connectivity index (χ3v) is 4.77. The highest BCUT2D eigenvalue weighted by Crippen LogP contribution is 2.27. The van der Waals surface area contributed by atoms with E-state index < -0.39 is 12.0 Å². The molecule has 0 unspecified atom stereocenters. The van der Waals surface area contributed by atoms with Gasteiger partial charge in [-0.25, -0.2) is 14.1 Å². The number of nitrogens with two attached hydrogens (primary N) is 1. The monoisotopic (exact) mass is 366 g/mol. The fourth-order valence-corrected chi connectivity index (χ4v) is 3.45. The lowest BCUT2D eigenvalue weighted by Crippen LogP contribution is -2.14. The van der Waals surface area contributed by atoms with Crippen molar-refractivity contribution in [3.05, 3.63) is 76.6 Å². The van der Waals surface area contributed by atoms with Gasteiger partial charge in [-0.1, -0.05) is 18.2 Å². The number of aromatic nitrogens is 3. The number of rotatable bonds is 5. The average molecular weight is 366 g/mol. The molecular weight excluding hydrogens is 347 g/mol. The zero-order valence-electron chi connectivity index (χ0n) is 14.6. The first-order valence-electron chi connectivity index (χ1n) is 8.81. The highest BCUT2D eigenvalue weighted by Gasteiger charge is 2.22. The van der Waals surface area contributed by atoms with E-state index in [1.807, 2.05) is 12.1 Å². The first-order chi connectivity index (χ1) is 13.0. The highest BCUT2D eigenvalue weighted by atomic mass is 19.1. The van der Waals surface area contributed by atoms with Crippen molar-refractivity contribution in [2.24, 2.45) is 5.73 Å². The lowest BCUT2D eigenvalue weighted by molar-refractivity contribution is -0.117. The van der Waals surface area contributed by atoms with Crippen LogP contribution in [0.5, 0.6) is 0 Å². The summed E-state index contributed by atoms with van der Waals surface area (Å²) in [4.78, 5) is 15.6. The molecule has 7 heteroatoms. The van der Waals surface area contributed by atoms with Gasteiger partial charge in [-0.3, -0.25) is 4.79 Å². The minimum Gasteiger partial charge on any atom is -0.380 e. The molecule has 0 bridgehead atoms. The molecule has 1 aromatic heterocycles. The first-order valence-corrected chi connectivity index (χ1v) is 8.81. The van der Waals surface area contributed by atoms with Crippen molar-refractivity contribution in [3.63, 3.8) is 0 Å². The molecule has 0 radical (unpaired) electrons. The van der Waals surface area contributed by atoms with Gasteiger partial charge < -0.3 is 10.8 Å². The number of hydrogen-bond donors (Lipinski definition) is 2. The summed E-state index contributed by atoms with van der Waals surface area (Å²) in [6.45, 7) is 0. The van der Waals surface area contributed by atoms with Gasteiger partial charge in [0, 0.05) is 0 Å². The van der Waals surface area contributed by atoms with E-state index in [-0.39, 0.29) is 23.9 Å². The number of carbonyl (C=O) groups excluding carboxylic acids is 1. The Morgan fingerprint density at radius 3 is 2.67 bits per heavy atom. The Hall–Kier alpha value is -3.06. The van der Waals surface area contributed by atoms with E-state index in [2.05, 4.69) is 16.1 Å². The van der Waals surface area contributed by atoms with Crippen molar-refractivity contribution in [2.75, 3.05) is 0 Å². The van der Waals surface area contributed by atoms with Crippen LogP contribution in [-0.4, -0.2) is 25.8 Å². The number of aliphatic hydroxyl groups excluding tert-OH is 1. The Balaban J connectivity index is 1.78. The van der Waals surface area contributed by atoms with E-state index in [1.165, 1.54) is 40.1 Å². The van der Waals surface area contributed by atoms with E-state index in [1.54, 1.807) is 0 Å². The Morgan fingerprint density at radius 1 is 1.19 bits per heavy atom. The van der Waals surface area contributed by atoms with Gasteiger partial charge >= 0.3 is 0 Å². The SMILES string of the molecule is NC(=O)Cc1nc([C@@H](O)c2ccc(F)cc2)n(-c2ccc3c(c2)CCC3)n1. The van der Waals surface area contributed by atoms with Crippen LogP contribution in [-0.2, 0) is 24.1 Å². The molecule has 2 aromatic carbocycles. The van der Waals surface area contributed by atoms with Crippen LogP contribution in [0.25, 0.3) is 5.69 Å². The van der Waals surface area contributed by atoms with E-state index in [0.29, 0.717) is 5.56 Å². The molecule has 6 nitrogen and oxygen atoms in total. The summed E-state index contributed by atoms with van der Waals surface area (Å²) >= 11 is 0. The largest absolute Gasteiger partial charge is 0.380 e. The molecule has 27 heavy (non-hydrogen) atoms. The molecule has 1 aliphatic carbocycles. The third kappa shape index (κ3) is 3.46. The zero-order valence-corrected chi connectivity index (χ0v) is 14.6. The molecule has 0 saturated heterocycles. The smallest absolute Gasteiger partial charge is 0.225 e. The van der Waals surface area contributed by atoms with Gasteiger partial charge in [0.2, 0.25) is 5.91 Å². The molecule has 3 N–H and O–H groups in total. The fourth-order valence-electron chi connectivity index (χ4n) is 3.45. The summed E-state index contributed by atoms with van der Waals surface area (Å²) in [6, 6.07) is 11.6. The second kappa shape index (κ2) is 6.92. The van der Waals surface area contributed by atoms with Crippen molar-refractivity contribution >= 4 is 5.91 Å². The standard InChI is InChI=1S/C20H19FN4O2/c21-15-7-4-13(5-8-15)19(27)20-23-18(11-17(22)26)24-25(20)16-9-6-12-2-1-3-14(12)10-16/h4-10,19,27H,1-3,11H2,(H2,22,26)/t19-/m0/s1. The third-order valence-electron chi connectivity index (χ3n) is 4.77. The lowest BCUT2D eigenvalue weighted by atomic mass is 10.1. The van der Waals surface area contributed by atoms with Gasteiger partial charge in [0.25, 0.3) is 0 Å². The number of primary amides is 1. The predicted octanol–water partition coefficient (Wildman–Crippen LogP) is 2.00. The molecule has 1 amide bonds. The van der Waals surface area contributed by atoms with E-state index in [4.69, 9.17) is 5.73 Å². The van der Waals surface area contributed by atoms with E-state index in [0.717, 1.165) is 24.9 Å². The normalized spacial score (nSPS) is 14.1. The molecule has 138 valence electrons. The number of amides is 1. The second-order valence-electron chi connectivity index (χ2n) is 6.70. The first kappa shape index (κ1) is 17.4. The molecule has 3 aromatic rings. The van der Waals surface area contributed by atoms with Crippen LogP contribution >= 0.6 is 0 Å². The molecular formula is C20H19FN4O2. The topological polar surface area (TPSA) is 94.0 Å². The van der Waals surface area contributed by atoms with Crippen LogP contribution in [0.4, 0.5) is 4.39 Å². The fraction of sp³-hybridized carbons (Fsp3) is 0.250. The summed E-state index contributed by atoms with van der Waals surface area (Å²) < 4.78 is 14.7.